The lowest BCUT2D eigenvalue weighted by Gasteiger charge is -2.39. The van der Waals surface area contributed by atoms with E-state index >= 15 is 0 Å². The minimum atomic E-state index is -3.49. The average Bonchev–Trinajstić information content (AvgIpc) is 2.63. The first-order valence-electron chi connectivity index (χ1n) is 8.43. The monoisotopic (exact) mass is 344 g/mol. The Hall–Kier alpha value is -1.85. The van der Waals surface area contributed by atoms with Gasteiger partial charge >= 0.3 is 0 Å². The highest BCUT2D eigenvalue weighted by molar-refractivity contribution is 7.89. The molecule has 0 amide bonds. The third-order valence-electron chi connectivity index (χ3n) is 4.75. The molecule has 1 saturated carbocycles. The molecule has 1 aliphatic carbocycles. The molecule has 2 atom stereocenters. The van der Waals surface area contributed by atoms with E-state index in [0.29, 0.717) is 4.90 Å². The number of likely N-dealkylation sites (N-methyl/N-ethyl adjacent to an activating group) is 1. The van der Waals surface area contributed by atoms with Gasteiger partial charge in [0.05, 0.1) is 4.90 Å². The van der Waals surface area contributed by atoms with Crippen molar-refractivity contribution in [1.82, 2.24) is 4.72 Å². The van der Waals surface area contributed by atoms with Gasteiger partial charge in [0.15, 0.2) is 0 Å². The third-order valence-corrected chi connectivity index (χ3v) is 6.26. The normalized spacial score (nSPS) is 21.4. The Labute approximate surface area is 144 Å². The van der Waals surface area contributed by atoms with Crippen LogP contribution in [0.2, 0.25) is 0 Å². The van der Waals surface area contributed by atoms with Gasteiger partial charge < -0.3 is 4.90 Å². The Balaban J connectivity index is 1.80. The van der Waals surface area contributed by atoms with E-state index in [-0.39, 0.29) is 12.1 Å². The first-order valence-corrected chi connectivity index (χ1v) is 9.91. The van der Waals surface area contributed by atoms with Crippen molar-refractivity contribution < 1.29 is 8.42 Å². The zero-order valence-corrected chi connectivity index (χ0v) is 14.7. The molecule has 128 valence electrons. The topological polar surface area (TPSA) is 49.4 Å². The molecule has 0 unspecified atom stereocenters. The van der Waals surface area contributed by atoms with Gasteiger partial charge in [-0.3, -0.25) is 0 Å². The van der Waals surface area contributed by atoms with Crippen molar-refractivity contribution in [2.75, 3.05) is 11.9 Å². The Morgan fingerprint density at radius 2 is 1.50 bits per heavy atom. The summed E-state index contributed by atoms with van der Waals surface area (Å²) in [6, 6.07) is 18.9. The number of nitrogens with one attached hydrogen (secondary N) is 1. The summed E-state index contributed by atoms with van der Waals surface area (Å²) in [6.07, 6.45) is 4.05. The van der Waals surface area contributed by atoms with Gasteiger partial charge in [-0.15, -0.1) is 0 Å². The second kappa shape index (κ2) is 7.36. The standard InChI is InChI=1S/C19H24N2O2S/c1-21(16-10-4-2-5-11-16)19-15-9-8-14-18(19)20-24(22,23)17-12-6-3-7-13-17/h2-7,10-13,18-20H,8-9,14-15H2,1H3/t18-,19-/m0/s1. The second-order valence-electron chi connectivity index (χ2n) is 6.34. The molecule has 0 aliphatic heterocycles. The molecule has 0 bridgehead atoms. The van der Waals surface area contributed by atoms with Crippen LogP contribution in [0, 0.1) is 0 Å². The number of hydrogen-bond acceptors (Lipinski definition) is 3. The number of benzene rings is 2. The van der Waals surface area contributed by atoms with Crippen molar-refractivity contribution >= 4 is 15.7 Å². The molecular formula is C19H24N2O2S. The summed E-state index contributed by atoms with van der Waals surface area (Å²) >= 11 is 0. The van der Waals surface area contributed by atoms with Gasteiger partial charge in [-0.25, -0.2) is 13.1 Å². The minimum Gasteiger partial charge on any atom is -0.370 e. The molecule has 24 heavy (non-hydrogen) atoms. The third kappa shape index (κ3) is 3.79. The molecule has 0 saturated heterocycles. The van der Waals surface area contributed by atoms with Gasteiger partial charge in [-0.05, 0) is 37.1 Å². The van der Waals surface area contributed by atoms with Gasteiger partial charge in [0.25, 0.3) is 0 Å². The zero-order chi connectivity index (χ0) is 17.0. The van der Waals surface area contributed by atoms with Crippen molar-refractivity contribution in [3.05, 3.63) is 60.7 Å². The quantitative estimate of drug-likeness (QED) is 0.904. The minimum absolute atomic E-state index is 0.0748. The first kappa shape index (κ1) is 17.0. The van der Waals surface area contributed by atoms with Crippen molar-refractivity contribution in [3.63, 3.8) is 0 Å². The fourth-order valence-corrected chi connectivity index (χ4v) is 4.76. The van der Waals surface area contributed by atoms with Gasteiger partial charge in [-0.2, -0.15) is 0 Å². The summed E-state index contributed by atoms with van der Waals surface area (Å²) in [5, 5.41) is 0. The summed E-state index contributed by atoms with van der Waals surface area (Å²) in [5.41, 5.74) is 1.12. The predicted octanol–water partition coefficient (Wildman–Crippen LogP) is 3.41. The van der Waals surface area contributed by atoms with Crippen LogP contribution < -0.4 is 9.62 Å². The molecule has 0 radical (unpaired) electrons. The Kier molecular flexibility index (Phi) is 5.21. The number of hydrogen-bond donors (Lipinski definition) is 1. The Bertz CT molecular complexity index is 747. The van der Waals surface area contributed by atoms with Gasteiger partial charge in [0, 0.05) is 24.8 Å². The maximum absolute atomic E-state index is 12.7. The number of sulfonamides is 1. The lowest BCUT2D eigenvalue weighted by molar-refractivity contribution is 0.351. The van der Waals surface area contributed by atoms with Gasteiger partial charge in [0.2, 0.25) is 10.0 Å². The van der Waals surface area contributed by atoms with Crippen LogP contribution in [0.15, 0.2) is 65.6 Å². The highest BCUT2D eigenvalue weighted by Gasteiger charge is 2.32. The average molecular weight is 344 g/mol. The van der Waals surface area contributed by atoms with Crippen LogP contribution >= 0.6 is 0 Å². The van der Waals surface area contributed by atoms with Crippen LogP contribution in [0.5, 0.6) is 0 Å². The SMILES string of the molecule is CN(c1ccccc1)[C@H]1CCCC[C@@H]1NS(=O)(=O)c1ccccc1. The molecule has 3 rings (SSSR count). The van der Waals surface area contributed by atoms with Crippen LogP contribution in [-0.2, 0) is 10.0 Å². The molecule has 2 aromatic carbocycles. The first-order chi connectivity index (χ1) is 11.6. The smallest absolute Gasteiger partial charge is 0.240 e. The van der Waals surface area contributed by atoms with E-state index in [1.165, 1.54) is 0 Å². The molecule has 1 fully saturated rings. The molecule has 0 heterocycles. The van der Waals surface area contributed by atoms with Crippen LogP contribution in [-0.4, -0.2) is 27.5 Å². The predicted molar refractivity (Wildman–Crippen MR) is 97.7 cm³/mol. The van der Waals surface area contributed by atoms with E-state index in [4.69, 9.17) is 0 Å². The highest BCUT2D eigenvalue weighted by atomic mass is 32.2. The van der Waals surface area contributed by atoms with E-state index in [1.807, 2.05) is 24.3 Å². The lowest BCUT2D eigenvalue weighted by atomic mass is 9.90. The fourth-order valence-electron chi connectivity index (χ4n) is 3.43. The van der Waals surface area contributed by atoms with E-state index in [0.717, 1.165) is 31.4 Å². The van der Waals surface area contributed by atoms with Gasteiger partial charge in [-0.1, -0.05) is 49.2 Å². The van der Waals surface area contributed by atoms with Crippen molar-refractivity contribution in [1.29, 1.82) is 0 Å². The summed E-state index contributed by atoms with van der Waals surface area (Å²) in [5.74, 6) is 0. The van der Waals surface area contributed by atoms with E-state index in [1.54, 1.807) is 24.3 Å². The van der Waals surface area contributed by atoms with E-state index in [9.17, 15) is 8.42 Å². The number of anilines is 1. The Morgan fingerprint density at radius 1 is 0.917 bits per heavy atom. The van der Waals surface area contributed by atoms with E-state index < -0.39 is 10.0 Å². The summed E-state index contributed by atoms with van der Waals surface area (Å²) < 4.78 is 28.3. The summed E-state index contributed by atoms with van der Waals surface area (Å²) in [4.78, 5) is 2.54. The molecule has 4 nitrogen and oxygen atoms in total. The number of para-hydroxylation sites is 1. The molecule has 1 aliphatic rings. The maximum atomic E-state index is 12.7. The zero-order valence-electron chi connectivity index (χ0n) is 13.9. The largest absolute Gasteiger partial charge is 0.370 e. The molecular weight excluding hydrogens is 320 g/mol. The lowest BCUT2D eigenvalue weighted by Crippen LogP contribution is -2.52. The summed E-state index contributed by atoms with van der Waals surface area (Å²) in [7, 11) is -1.43. The fraction of sp³-hybridized carbons (Fsp3) is 0.368. The van der Waals surface area contributed by atoms with Crippen molar-refractivity contribution in [2.45, 2.75) is 42.7 Å². The van der Waals surface area contributed by atoms with Crippen molar-refractivity contribution in [2.24, 2.45) is 0 Å². The number of nitrogens with zero attached hydrogens (tertiary/aromatic N) is 1. The van der Waals surface area contributed by atoms with Crippen LogP contribution in [0.3, 0.4) is 0 Å². The molecule has 1 N–H and O–H groups in total. The molecule has 5 heteroatoms. The van der Waals surface area contributed by atoms with Crippen LogP contribution in [0.4, 0.5) is 5.69 Å². The van der Waals surface area contributed by atoms with Crippen LogP contribution in [0.25, 0.3) is 0 Å². The Morgan fingerprint density at radius 3 is 2.17 bits per heavy atom. The van der Waals surface area contributed by atoms with Crippen molar-refractivity contribution in [3.8, 4) is 0 Å². The number of rotatable bonds is 5. The molecule has 0 aromatic heterocycles. The molecule has 0 spiro atoms. The molecule has 2 aromatic rings. The highest BCUT2D eigenvalue weighted by Crippen LogP contribution is 2.27. The second-order valence-corrected chi connectivity index (χ2v) is 8.05. The summed E-state index contributed by atoms with van der Waals surface area (Å²) in [6.45, 7) is 0. The van der Waals surface area contributed by atoms with Gasteiger partial charge in [0.1, 0.15) is 0 Å². The van der Waals surface area contributed by atoms with E-state index in [2.05, 4.69) is 28.8 Å². The maximum Gasteiger partial charge on any atom is 0.240 e. The van der Waals surface area contributed by atoms with Crippen LogP contribution in [0.1, 0.15) is 25.7 Å².